The van der Waals surface area contributed by atoms with E-state index in [2.05, 4.69) is 10.6 Å². The minimum Gasteiger partial charge on any atom is -0.495 e. The molecule has 2 rings (SSSR count). The number of amides is 1. The van der Waals surface area contributed by atoms with Gasteiger partial charge in [0.2, 0.25) is 0 Å². The number of rotatable bonds is 9. The van der Waals surface area contributed by atoms with E-state index < -0.39 is 5.91 Å². The van der Waals surface area contributed by atoms with Gasteiger partial charge < -0.3 is 24.8 Å². The van der Waals surface area contributed by atoms with Crippen molar-refractivity contribution in [1.82, 2.24) is 5.32 Å². The first kappa shape index (κ1) is 21.9. The Balaban J connectivity index is 1.97. The molecule has 0 bridgehead atoms. The van der Waals surface area contributed by atoms with Crippen LogP contribution in [0.2, 0.25) is 5.02 Å². The monoisotopic (exact) mass is 415 g/mol. The van der Waals surface area contributed by atoms with Crippen LogP contribution in [0.5, 0.6) is 17.2 Å². The van der Waals surface area contributed by atoms with Crippen LogP contribution in [-0.2, 0) is 11.2 Å². The lowest BCUT2D eigenvalue weighted by atomic mass is 10.1. The maximum absolute atomic E-state index is 12.4. The Morgan fingerprint density at radius 3 is 2.41 bits per heavy atom. The molecule has 0 fully saturated rings. The molecule has 0 aliphatic rings. The summed E-state index contributed by atoms with van der Waals surface area (Å²) in [5, 5.41) is 15.3. The van der Waals surface area contributed by atoms with Crippen LogP contribution >= 0.6 is 11.6 Å². The third kappa shape index (κ3) is 6.06. The Hall–Kier alpha value is -3.37. The van der Waals surface area contributed by atoms with Crippen molar-refractivity contribution in [1.29, 1.82) is 5.26 Å². The average Bonchev–Trinajstić information content (AvgIpc) is 2.73. The van der Waals surface area contributed by atoms with Gasteiger partial charge in [0.1, 0.15) is 17.4 Å². The summed E-state index contributed by atoms with van der Waals surface area (Å²) < 4.78 is 15.7. The van der Waals surface area contributed by atoms with Crippen molar-refractivity contribution in [2.45, 2.75) is 6.42 Å². The summed E-state index contributed by atoms with van der Waals surface area (Å²) in [7, 11) is 4.64. The van der Waals surface area contributed by atoms with Gasteiger partial charge in [-0.15, -0.1) is 0 Å². The van der Waals surface area contributed by atoms with Crippen molar-refractivity contribution in [3.63, 3.8) is 0 Å². The highest BCUT2D eigenvalue weighted by Crippen LogP contribution is 2.28. The van der Waals surface area contributed by atoms with E-state index in [1.165, 1.54) is 13.3 Å². The van der Waals surface area contributed by atoms with E-state index in [1.54, 1.807) is 32.4 Å². The molecule has 0 unspecified atom stereocenters. The van der Waals surface area contributed by atoms with Crippen LogP contribution in [0.25, 0.3) is 0 Å². The lowest BCUT2D eigenvalue weighted by molar-refractivity contribution is -0.112. The number of anilines is 1. The topological polar surface area (TPSA) is 92.6 Å². The highest BCUT2D eigenvalue weighted by atomic mass is 35.5. The molecule has 29 heavy (non-hydrogen) atoms. The molecule has 0 atom stereocenters. The molecule has 8 heteroatoms. The molecule has 2 aromatic carbocycles. The molecule has 0 saturated heterocycles. The smallest absolute Gasteiger partial charge is 0.267 e. The Morgan fingerprint density at radius 1 is 1.07 bits per heavy atom. The number of methoxy groups -OCH3 is 3. The van der Waals surface area contributed by atoms with Crippen LogP contribution in [0.4, 0.5) is 5.69 Å². The van der Waals surface area contributed by atoms with E-state index in [-0.39, 0.29) is 5.57 Å². The number of hydrogen-bond acceptors (Lipinski definition) is 6. The minimum absolute atomic E-state index is 0.0701. The van der Waals surface area contributed by atoms with E-state index in [9.17, 15) is 10.1 Å². The van der Waals surface area contributed by atoms with Crippen molar-refractivity contribution >= 4 is 23.2 Å². The summed E-state index contributed by atoms with van der Waals surface area (Å²) in [6.45, 7) is 0.522. The second kappa shape index (κ2) is 10.8. The number of carbonyl (C=O) groups excluding carboxylic acids is 1. The van der Waals surface area contributed by atoms with E-state index in [0.29, 0.717) is 40.9 Å². The summed E-state index contributed by atoms with van der Waals surface area (Å²) in [5.41, 5.74) is 1.34. The van der Waals surface area contributed by atoms with Crippen LogP contribution in [-0.4, -0.2) is 33.8 Å². The second-order valence-electron chi connectivity index (χ2n) is 5.86. The number of carbonyl (C=O) groups is 1. The molecule has 152 valence electrons. The molecule has 0 aliphatic carbocycles. The lowest BCUT2D eigenvalue weighted by Gasteiger charge is -2.11. The third-order valence-corrected chi connectivity index (χ3v) is 4.26. The number of nitrogens with zero attached hydrogens (tertiary/aromatic N) is 1. The molecule has 1 amide bonds. The molecule has 0 radical (unpaired) electrons. The highest BCUT2D eigenvalue weighted by molar-refractivity contribution is 6.31. The normalized spacial score (nSPS) is 10.7. The fourth-order valence-corrected chi connectivity index (χ4v) is 2.72. The molecule has 0 aromatic heterocycles. The first-order chi connectivity index (χ1) is 14.0. The Kier molecular flexibility index (Phi) is 8.19. The quantitative estimate of drug-likeness (QED) is 0.369. The van der Waals surface area contributed by atoms with Gasteiger partial charge in [-0.05, 0) is 42.3 Å². The van der Waals surface area contributed by atoms with Gasteiger partial charge in [-0.2, -0.15) is 5.26 Å². The van der Waals surface area contributed by atoms with Crippen molar-refractivity contribution in [2.24, 2.45) is 0 Å². The van der Waals surface area contributed by atoms with Gasteiger partial charge in [0.05, 0.1) is 27.0 Å². The third-order valence-electron chi connectivity index (χ3n) is 4.03. The number of hydrogen-bond donors (Lipinski definition) is 2. The van der Waals surface area contributed by atoms with Crippen LogP contribution in [0.1, 0.15) is 5.56 Å². The van der Waals surface area contributed by atoms with Gasteiger partial charge in [-0.1, -0.05) is 17.7 Å². The SMILES string of the molecule is COc1ccc(Cl)cc1NC(=O)/C(C#N)=C\NCCc1ccc(OC)c(OC)c1. The average molecular weight is 416 g/mol. The Morgan fingerprint density at radius 2 is 1.76 bits per heavy atom. The lowest BCUT2D eigenvalue weighted by Crippen LogP contribution is -2.18. The molecule has 0 heterocycles. The Bertz CT molecular complexity index is 938. The zero-order valence-corrected chi connectivity index (χ0v) is 17.2. The molecule has 0 spiro atoms. The van der Waals surface area contributed by atoms with Gasteiger partial charge in [-0.3, -0.25) is 4.79 Å². The predicted octanol–water partition coefficient (Wildman–Crippen LogP) is 3.54. The van der Waals surface area contributed by atoms with Gasteiger partial charge in [0, 0.05) is 17.8 Å². The molecule has 0 aliphatic heterocycles. The summed E-state index contributed by atoms with van der Waals surface area (Å²) in [6.07, 6.45) is 2.05. The summed E-state index contributed by atoms with van der Waals surface area (Å²) in [4.78, 5) is 12.4. The number of nitriles is 1. The summed E-state index contributed by atoms with van der Waals surface area (Å²) >= 11 is 5.96. The van der Waals surface area contributed by atoms with E-state index >= 15 is 0 Å². The van der Waals surface area contributed by atoms with Crippen LogP contribution in [0.3, 0.4) is 0 Å². The first-order valence-electron chi connectivity index (χ1n) is 8.71. The maximum atomic E-state index is 12.4. The largest absolute Gasteiger partial charge is 0.495 e. The maximum Gasteiger partial charge on any atom is 0.267 e. The van der Waals surface area contributed by atoms with Gasteiger partial charge in [0.15, 0.2) is 11.5 Å². The van der Waals surface area contributed by atoms with Crippen molar-refractivity contribution < 1.29 is 19.0 Å². The fraction of sp³-hybridized carbons (Fsp3) is 0.238. The standard InChI is InChI=1S/C21H22ClN3O4/c1-27-18-7-5-16(22)11-17(18)25-21(26)15(12-23)13-24-9-8-14-4-6-19(28-2)20(10-14)29-3/h4-7,10-11,13,24H,8-9H2,1-3H3,(H,25,26)/b15-13-. The van der Waals surface area contributed by atoms with Gasteiger partial charge in [-0.25, -0.2) is 0 Å². The summed E-state index contributed by atoms with van der Waals surface area (Å²) in [6, 6.07) is 12.4. The molecule has 0 saturated carbocycles. The molecule has 2 N–H and O–H groups in total. The van der Waals surface area contributed by atoms with Crippen molar-refractivity contribution in [3.05, 3.63) is 58.8 Å². The fourth-order valence-electron chi connectivity index (χ4n) is 2.54. The highest BCUT2D eigenvalue weighted by Gasteiger charge is 2.13. The minimum atomic E-state index is -0.563. The van der Waals surface area contributed by atoms with Crippen LogP contribution in [0, 0.1) is 11.3 Å². The number of ether oxygens (including phenoxy) is 3. The summed E-state index contributed by atoms with van der Waals surface area (Å²) in [5.74, 6) is 1.19. The second-order valence-corrected chi connectivity index (χ2v) is 6.30. The molecular weight excluding hydrogens is 394 g/mol. The van der Waals surface area contributed by atoms with Crippen molar-refractivity contribution in [3.8, 4) is 23.3 Å². The van der Waals surface area contributed by atoms with E-state index in [1.807, 2.05) is 24.3 Å². The number of halogens is 1. The van der Waals surface area contributed by atoms with Crippen LogP contribution < -0.4 is 24.8 Å². The molecule has 2 aromatic rings. The first-order valence-corrected chi connectivity index (χ1v) is 9.09. The van der Waals surface area contributed by atoms with E-state index in [0.717, 1.165) is 5.56 Å². The number of nitrogens with one attached hydrogen (secondary N) is 2. The molecule has 7 nitrogen and oxygen atoms in total. The Labute approximate surface area is 174 Å². The van der Waals surface area contributed by atoms with Crippen molar-refractivity contribution in [2.75, 3.05) is 33.2 Å². The zero-order valence-electron chi connectivity index (χ0n) is 16.4. The van der Waals surface area contributed by atoms with Gasteiger partial charge >= 0.3 is 0 Å². The zero-order chi connectivity index (χ0) is 21.2. The number of benzene rings is 2. The molecular formula is C21H22ClN3O4. The van der Waals surface area contributed by atoms with E-state index in [4.69, 9.17) is 25.8 Å². The van der Waals surface area contributed by atoms with Gasteiger partial charge in [0.25, 0.3) is 5.91 Å². The van der Waals surface area contributed by atoms with Crippen LogP contribution in [0.15, 0.2) is 48.2 Å². The predicted molar refractivity (Wildman–Crippen MR) is 112 cm³/mol.